The largest absolute Gasteiger partial charge is 0.243 e. The second kappa shape index (κ2) is 5.11. The summed E-state index contributed by atoms with van der Waals surface area (Å²) in [6.45, 7) is 4.48. The molecule has 3 heteroatoms. The van der Waals surface area contributed by atoms with Crippen LogP contribution in [0.25, 0.3) is 11.3 Å². The molecule has 1 aromatic carbocycles. The Morgan fingerprint density at radius 2 is 1.94 bits per heavy atom. The maximum atomic E-state index is 4.35. The summed E-state index contributed by atoms with van der Waals surface area (Å²) in [5, 5.41) is 0. The monoisotopic (exact) mass is 295 g/mol. The van der Waals surface area contributed by atoms with Gasteiger partial charge in [0.25, 0.3) is 0 Å². The van der Waals surface area contributed by atoms with Gasteiger partial charge in [0.15, 0.2) is 0 Å². The Balaban J connectivity index is 2.23. The van der Waals surface area contributed by atoms with Gasteiger partial charge in [-0.3, -0.25) is 0 Å². The topological polar surface area (TPSA) is 12.9 Å². The van der Waals surface area contributed by atoms with Crippen LogP contribution in [0.4, 0.5) is 0 Å². The van der Waals surface area contributed by atoms with Crippen molar-refractivity contribution in [3.63, 3.8) is 0 Å². The van der Waals surface area contributed by atoms with E-state index in [4.69, 9.17) is 0 Å². The first-order valence-electron chi connectivity index (χ1n) is 5.35. The van der Waals surface area contributed by atoms with Crippen LogP contribution < -0.4 is 0 Å². The third-order valence-electron chi connectivity index (χ3n) is 2.40. The van der Waals surface area contributed by atoms with Crippen LogP contribution in [0.15, 0.2) is 33.6 Å². The SMILES string of the molecule is CC(C)Cc1ccc(-c2ncsc2Br)cc1. The first kappa shape index (κ1) is 11.8. The molecule has 0 aliphatic heterocycles. The summed E-state index contributed by atoms with van der Waals surface area (Å²) < 4.78 is 1.10. The van der Waals surface area contributed by atoms with E-state index in [1.807, 2.05) is 5.51 Å². The zero-order chi connectivity index (χ0) is 11.5. The van der Waals surface area contributed by atoms with Crippen LogP contribution in [0, 0.1) is 5.92 Å². The van der Waals surface area contributed by atoms with E-state index in [1.54, 1.807) is 11.3 Å². The number of nitrogens with zero attached hydrogens (tertiary/aromatic N) is 1. The molecule has 0 aliphatic carbocycles. The van der Waals surface area contributed by atoms with E-state index in [0.29, 0.717) is 5.92 Å². The van der Waals surface area contributed by atoms with Gasteiger partial charge in [0.1, 0.15) is 0 Å². The highest BCUT2D eigenvalue weighted by molar-refractivity contribution is 9.11. The smallest absolute Gasteiger partial charge is 0.0976 e. The van der Waals surface area contributed by atoms with Gasteiger partial charge in [-0.2, -0.15) is 0 Å². The normalized spacial score (nSPS) is 11.0. The highest BCUT2D eigenvalue weighted by Crippen LogP contribution is 2.30. The van der Waals surface area contributed by atoms with Crippen molar-refractivity contribution >= 4 is 27.3 Å². The molecular weight excluding hydrogens is 282 g/mol. The van der Waals surface area contributed by atoms with E-state index in [-0.39, 0.29) is 0 Å². The van der Waals surface area contributed by atoms with Crippen LogP contribution in [-0.2, 0) is 6.42 Å². The number of hydrogen-bond donors (Lipinski definition) is 0. The fourth-order valence-corrected chi connectivity index (χ4v) is 2.80. The van der Waals surface area contributed by atoms with E-state index in [9.17, 15) is 0 Å². The standard InChI is InChI=1S/C13H14BrNS/c1-9(2)7-10-3-5-11(6-4-10)12-13(14)16-8-15-12/h3-6,8-9H,7H2,1-2H3. The molecule has 84 valence electrons. The van der Waals surface area contributed by atoms with Gasteiger partial charge in [-0.15, -0.1) is 11.3 Å². The first-order valence-corrected chi connectivity index (χ1v) is 7.02. The molecule has 2 rings (SSSR count). The quantitative estimate of drug-likeness (QED) is 0.795. The number of rotatable bonds is 3. The van der Waals surface area contributed by atoms with Crippen molar-refractivity contribution in [3.05, 3.63) is 39.1 Å². The molecule has 0 spiro atoms. The molecule has 1 heterocycles. The van der Waals surface area contributed by atoms with Crippen molar-refractivity contribution < 1.29 is 0 Å². The second-order valence-corrected chi connectivity index (χ2v) is 6.44. The summed E-state index contributed by atoms with van der Waals surface area (Å²) in [5.41, 5.74) is 5.48. The highest BCUT2D eigenvalue weighted by Gasteiger charge is 2.06. The minimum absolute atomic E-state index is 0.705. The second-order valence-electron chi connectivity index (χ2n) is 4.27. The van der Waals surface area contributed by atoms with Crippen LogP contribution in [-0.4, -0.2) is 4.98 Å². The van der Waals surface area contributed by atoms with Crippen LogP contribution in [0.1, 0.15) is 19.4 Å². The van der Waals surface area contributed by atoms with Crippen LogP contribution in [0.5, 0.6) is 0 Å². The van der Waals surface area contributed by atoms with Crippen LogP contribution >= 0.6 is 27.3 Å². The molecule has 0 bridgehead atoms. The molecule has 2 aromatic rings. The van der Waals surface area contributed by atoms with Gasteiger partial charge in [0, 0.05) is 5.56 Å². The first-order chi connectivity index (χ1) is 7.66. The Morgan fingerprint density at radius 1 is 1.25 bits per heavy atom. The molecule has 0 aliphatic rings. The van der Waals surface area contributed by atoms with Gasteiger partial charge in [0.05, 0.1) is 15.0 Å². The van der Waals surface area contributed by atoms with Gasteiger partial charge < -0.3 is 0 Å². The summed E-state index contributed by atoms with van der Waals surface area (Å²) in [6.07, 6.45) is 1.14. The molecule has 0 fully saturated rings. The predicted molar refractivity (Wildman–Crippen MR) is 73.8 cm³/mol. The van der Waals surface area contributed by atoms with Crippen molar-refractivity contribution in [3.8, 4) is 11.3 Å². The average molecular weight is 296 g/mol. The molecular formula is C13H14BrNS. The Kier molecular flexibility index (Phi) is 3.77. The van der Waals surface area contributed by atoms with Crippen molar-refractivity contribution in [1.29, 1.82) is 0 Å². The lowest BCUT2D eigenvalue weighted by molar-refractivity contribution is 0.647. The van der Waals surface area contributed by atoms with Crippen molar-refractivity contribution in [2.24, 2.45) is 5.92 Å². The lowest BCUT2D eigenvalue weighted by Crippen LogP contribution is -1.93. The molecule has 1 aromatic heterocycles. The minimum Gasteiger partial charge on any atom is -0.243 e. The zero-order valence-electron chi connectivity index (χ0n) is 9.40. The van der Waals surface area contributed by atoms with Crippen molar-refractivity contribution in [1.82, 2.24) is 4.98 Å². The number of hydrogen-bond acceptors (Lipinski definition) is 2. The molecule has 0 amide bonds. The lowest BCUT2D eigenvalue weighted by Gasteiger charge is -2.05. The number of aromatic nitrogens is 1. The summed E-state index contributed by atoms with van der Waals surface area (Å²) in [7, 11) is 0. The van der Waals surface area contributed by atoms with Gasteiger partial charge in [-0.25, -0.2) is 4.98 Å². The van der Waals surface area contributed by atoms with Gasteiger partial charge in [-0.1, -0.05) is 38.1 Å². The van der Waals surface area contributed by atoms with Gasteiger partial charge in [0.2, 0.25) is 0 Å². The maximum Gasteiger partial charge on any atom is 0.0976 e. The van der Waals surface area contributed by atoms with E-state index < -0.39 is 0 Å². The number of benzene rings is 1. The Bertz CT molecular complexity index is 459. The van der Waals surface area contributed by atoms with Gasteiger partial charge in [-0.05, 0) is 33.8 Å². The molecule has 0 atom stereocenters. The van der Waals surface area contributed by atoms with Crippen LogP contribution in [0.3, 0.4) is 0 Å². The summed E-state index contributed by atoms with van der Waals surface area (Å²) in [6, 6.07) is 8.69. The minimum atomic E-state index is 0.705. The zero-order valence-corrected chi connectivity index (χ0v) is 11.8. The van der Waals surface area contributed by atoms with Crippen LogP contribution in [0.2, 0.25) is 0 Å². The van der Waals surface area contributed by atoms with Gasteiger partial charge >= 0.3 is 0 Å². The number of halogens is 1. The Labute approximate surface area is 109 Å². The Hall–Kier alpha value is -0.670. The van der Waals surface area contributed by atoms with E-state index in [2.05, 4.69) is 59.0 Å². The summed E-state index contributed by atoms with van der Waals surface area (Å²) in [5.74, 6) is 0.705. The predicted octanol–water partition coefficient (Wildman–Crippen LogP) is 4.77. The summed E-state index contributed by atoms with van der Waals surface area (Å²) >= 11 is 5.14. The lowest BCUT2D eigenvalue weighted by atomic mass is 10.0. The molecule has 0 saturated heterocycles. The molecule has 0 radical (unpaired) electrons. The maximum absolute atomic E-state index is 4.35. The average Bonchev–Trinajstić information content (AvgIpc) is 2.65. The molecule has 1 nitrogen and oxygen atoms in total. The highest BCUT2D eigenvalue weighted by atomic mass is 79.9. The van der Waals surface area contributed by atoms with E-state index >= 15 is 0 Å². The fourth-order valence-electron chi connectivity index (χ4n) is 1.69. The molecule has 0 saturated carbocycles. The number of thiazole rings is 1. The van der Waals surface area contributed by atoms with Crippen molar-refractivity contribution in [2.75, 3.05) is 0 Å². The summed E-state index contributed by atoms with van der Waals surface area (Å²) in [4.78, 5) is 4.35. The Morgan fingerprint density at radius 3 is 2.44 bits per heavy atom. The molecule has 0 N–H and O–H groups in total. The molecule has 16 heavy (non-hydrogen) atoms. The van der Waals surface area contributed by atoms with Crippen molar-refractivity contribution in [2.45, 2.75) is 20.3 Å². The fraction of sp³-hybridized carbons (Fsp3) is 0.308. The third kappa shape index (κ3) is 2.71. The van der Waals surface area contributed by atoms with E-state index in [0.717, 1.165) is 15.9 Å². The third-order valence-corrected chi connectivity index (χ3v) is 3.94. The molecule has 0 unspecified atom stereocenters. The van der Waals surface area contributed by atoms with E-state index in [1.165, 1.54) is 11.1 Å².